The first kappa shape index (κ1) is 16.0. The average Bonchev–Trinajstić information content (AvgIpc) is 2.48. The van der Waals surface area contributed by atoms with Crippen molar-refractivity contribution >= 4 is 0 Å². The second-order valence-electron chi connectivity index (χ2n) is 7.24. The van der Waals surface area contributed by atoms with Gasteiger partial charge >= 0.3 is 0 Å². The maximum Gasteiger partial charge on any atom is 0.00965 e. The molecule has 2 unspecified atom stereocenters. The maximum absolute atomic E-state index is 3.58. The molecule has 0 aromatic carbocycles. The molecule has 2 heteroatoms. The quantitative estimate of drug-likeness (QED) is 0.753. The van der Waals surface area contributed by atoms with Gasteiger partial charge in [0.2, 0.25) is 0 Å². The molecule has 2 nitrogen and oxygen atoms in total. The van der Waals surface area contributed by atoms with Gasteiger partial charge in [-0.25, -0.2) is 0 Å². The van der Waals surface area contributed by atoms with E-state index in [1.54, 1.807) is 0 Å². The summed E-state index contributed by atoms with van der Waals surface area (Å²) in [6, 6.07) is 0.761. The molecule has 0 radical (unpaired) electrons. The molecule has 0 bridgehead atoms. The Morgan fingerprint density at radius 3 is 2.61 bits per heavy atom. The maximum atomic E-state index is 3.58. The van der Waals surface area contributed by atoms with Crippen molar-refractivity contribution in [2.75, 3.05) is 19.6 Å². The van der Waals surface area contributed by atoms with Gasteiger partial charge in [0, 0.05) is 11.6 Å². The van der Waals surface area contributed by atoms with Gasteiger partial charge in [-0.1, -0.05) is 6.92 Å². The Morgan fingerprint density at radius 2 is 1.94 bits per heavy atom. The minimum Gasteiger partial charge on any atom is -0.312 e. The highest BCUT2D eigenvalue weighted by atomic mass is 15.1. The van der Waals surface area contributed by atoms with E-state index in [1.807, 2.05) is 0 Å². The van der Waals surface area contributed by atoms with E-state index in [0.29, 0.717) is 0 Å². The Hall–Kier alpha value is -0.0800. The minimum absolute atomic E-state index is 0.265. The van der Waals surface area contributed by atoms with Crippen LogP contribution in [0.3, 0.4) is 0 Å². The first-order chi connectivity index (χ1) is 8.38. The molecular formula is C16H34N2. The molecular weight excluding hydrogens is 220 g/mol. The molecule has 1 rings (SSSR count). The third kappa shape index (κ3) is 6.75. The van der Waals surface area contributed by atoms with Crippen molar-refractivity contribution in [1.82, 2.24) is 10.2 Å². The van der Waals surface area contributed by atoms with Gasteiger partial charge in [-0.2, -0.15) is 0 Å². The van der Waals surface area contributed by atoms with Crippen LogP contribution in [0.5, 0.6) is 0 Å². The summed E-state index contributed by atoms with van der Waals surface area (Å²) in [4.78, 5) is 2.71. The zero-order chi connectivity index (χ0) is 13.6. The van der Waals surface area contributed by atoms with Gasteiger partial charge in [-0.05, 0) is 85.4 Å². The summed E-state index contributed by atoms with van der Waals surface area (Å²) in [5.41, 5.74) is 0.265. The molecule has 2 atom stereocenters. The minimum atomic E-state index is 0.265. The molecule has 1 saturated heterocycles. The predicted octanol–water partition coefficient (Wildman–Crippen LogP) is 3.67. The van der Waals surface area contributed by atoms with Crippen molar-refractivity contribution in [1.29, 1.82) is 0 Å². The van der Waals surface area contributed by atoms with Crippen LogP contribution in [0.4, 0.5) is 0 Å². The number of nitrogens with one attached hydrogen (secondary N) is 1. The smallest absolute Gasteiger partial charge is 0.00965 e. The Bertz CT molecular complexity index is 220. The second kappa shape index (κ2) is 7.49. The molecule has 0 aromatic rings. The molecule has 108 valence electrons. The Balaban J connectivity index is 2.17. The molecule has 0 amide bonds. The van der Waals surface area contributed by atoms with Crippen LogP contribution < -0.4 is 5.32 Å². The lowest BCUT2D eigenvalue weighted by atomic mass is 10.0. The third-order valence-corrected chi connectivity index (χ3v) is 4.13. The summed E-state index contributed by atoms with van der Waals surface area (Å²) in [5, 5.41) is 3.58. The van der Waals surface area contributed by atoms with Crippen LogP contribution in [0.1, 0.15) is 66.7 Å². The summed E-state index contributed by atoms with van der Waals surface area (Å²) in [6.45, 7) is 15.3. The fourth-order valence-electron chi connectivity index (χ4n) is 2.77. The van der Waals surface area contributed by atoms with E-state index in [-0.39, 0.29) is 5.54 Å². The van der Waals surface area contributed by atoms with Crippen molar-refractivity contribution in [2.24, 2.45) is 5.92 Å². The van der Waals surface area contributed by atoms with Gasteiger partial charge in [-0.3, -0.25) is 0 Å². The van der Waals surface area contributed by atoms with E-state index in [1.165, 1.54) is 45.2 Å². The van der Waals surface area contributed by atoms with Crippen molar-refractivity contribution in [2.45, 2.75) is 78.3 Å². The van der Waals surface area contributed by atoms with Gasteiger partial charge in [0.15, 0.2) is 0 Å². The molecule has 1 aliphatic rings. The lowest BCUT2D eigenvalue weighted by molar-refractivity contribution is 0.201. The molecule has 0 spiro atoms. The standard InChI is InChI=1S/C16H34N2/c1-14-8-7-12-18(13-10-14)15(2)9-6-11-17-16(3,4)5/h14-15,17H,6-13H2,1-5H3. The second-order valence-corrected chi connectivity index (χ2v) is 7.24. The molecule has 1 N–H and O–H groups in total. The largest absolute Gasteiger partial charge is 0.312 e. The highest BCUT2D eigenvalue weighted by molar-refractivity contribution is 4.74. The fraction of sp³-hybridized carbons (Fsp3) is 1.00. The number of hydrogen-bond donors (Lipinski definition) is 1. The molecule has 0 aromatic heterocycles. The zero-order valence-corrected chi connectivity index (χ0v) is 13.3. The number of likely N-dealkylation sites (tertiary alicyclic amines) is 1. The van der Waals surface area contributed by atoms with Gasteiger partial charge in [0.05, 0.1) is 0 Å². The van der Waals surface area contributed by atoms with E-state index in [0.717, 1.165) is 18.5 Å². The summed E-state index contributed by atoms with van der Waals surface area (Å²) < 4.78 is 0. The average molecular weight is 254 g/mol. The van der Waals surface area contributed by atoms with Crippen molar-refractivity contribution in [3.05, 3.63) is 0 Å². The Morgan fingerprint density at radius 1 is 1.22 bits per heavy atom. The van der Waals surface area contributed by atoms with Crippen molar-refractivity contribution < 1.29 is 0 Å². The normalized spacial score (nSPS) is 24.8. The van der Waals surface area contributed by atoms with Gasteiger partial charge in [0.1, 0.15) is 0 Å². The molecule has 0 saturated carbocycles. The van der Waals surface area contributed by atoms with Crippen molar-refractivity contribution in [3.8, 4) is 0 Å². The Labute approximate surface area is 115 Å². The fourth-order valence-corrected chi connectivity index (χ4v) is 2.77. The molecule has 0 aliphatic carbocycles. The lowest BCUT2D eigenvalue weighted by Crippen LogP contribution is -2.38. The van der Waals surface area contributed by atoms with E-state index in [4.69, 9.17) is 0 Å². The van der Waals surface area contributed by atoms with E-state index in [9.17, 15) is 0 Å². The van der Waals surface area contributed by atoms with Crippen LogP contribution >= 0.6 is 0 Å². The van der Waals surface area contributed by atoms with Crippen LogP contribution in [0.2, 0.25) is 0 Å². The van der Waals surface area contributed by atoms with E-state index < -0.39 is 0 Å². The molecule has 1 fully saturated rings. The summed E-state index contributed by atoms with van der Waals surface area (Å²) >= 11 is 0. The lowest BCUT2D eigenvalue weighted by Gasteiger charge is -2.28. The molecule has 18 heavy (non-hydrogen) atoms. The number of rotatable bonds is 5. The number of hydrogen-bond acceptors (Lipinski definition) is 2. The van der Waals surface area contributed by atoms with Gasteiger partial charge in [-0.15, -0.1) is 0 Å². The summed E-state index contributed by atoms with van der Waals surface area (Å²) in [6.07, 6.45) is 6.84. The number of nitrogens with zero attached hydrogens (tertiary/aromatic N) is 1. The van der Waals surface area contributed by atoms with Crippen LogP contribution in [0.15, 0.2) is 0 Å². The highest BCUT2D eigenvalue weighted by Gasteiger charge is 2.18. The SMILES string of the molecule is CC1CCCN(C(C)CCCNC(C)(C)C)CC1. The Kier molecular flexibility index (Phi) is 6.65. The topological polar surface area (TPSA) is 15.3 Å². The van der Waals surface area contributed by atoms with Gasteiger partial charge < -0.3 is 10.2 Å². The van der Waals surface area contributed by atoms with Crippen LogP contribution in [0.25, 0.3) is 0 Å². The molecule has 1 heterocycles. The predicted molar refractivity (Wildman–Crippen MR) is 81.0 cm³/mol. The summed E-state index contributed by atoms with van der Waals surface area (Å²) in [5.74, 6) is 0.935. The first-order valence-electron chi connectivity index (χ1n) is 7.87. The monoisotopic (exact) mass is 254 g/mol. The van der Waals surface area contributed by atoms with Gasteiger partial charge in [0.25, 0.3) is 0 Å². The van der Waals surface area contributed by atoms with E-state index in [2.05, 4.69) is 44.8 Å². The van der Waals surface area contributed by atoms with E-state index >= 15 is 0 Å². The van der Waals surface area contributed by atoms with Crippen LogP contribution in [-0.4, -0.2) is 36.1 Å². The first-order valence-corrected chi connectivity index (χ1v) is 7.87. The third-order valence-electron chi connectivity index (χ3n) is 4.13. The molecule has 1 aliphatic heterocycles. The highest BCUT2D eigenvalue weighted by Crippen LogP contribution is 2.19. The zero-order valence-electron chi connectivity index (χ0n) is 13.3. The summed E-state index contributed by atoms with van der Waals surface area (Å²) in [7, 11) is 0. The van der Waals surface area contributed by atoms with Crippen LogP contribution in [0, 0.1) is 5.92 Å². The van der Waals surface area contributed by atoms with Crippen molar-refractivity contribution in [3.63, 3.8) is 0 Å². The van der Waals surface area contributed by atoms with Crippen LogP contribution in [-0.2, 0) is 0 Å².